The number of carbonyl (C=O) groups is 1. The average Bonchev–Trinajstić information content (AvgIpc) is 3.11. The van der Waals surface area contributed by atoms with Crippen LogP contribution in [0.3, 0.4) is 0 Å². The zero-order chi connectivity index (χ0) is 17.9. The summed E-state index contributed by atoms with van der Waals surface area (Å²) in [5.74, 6) is -0.199. The van der Waals surface area contributed by atoms with Gasteiger partial charge in [0, 0.05) is 17.3 Å². The SMILES string of the molecule is CC(C)(C(=O)O)n1cc(-c2ccccc2OCc2ccccc2)cn1. The summed E-state index contributed by atoms with van der Waals surface area (Å²) in [4.78, 5) is 11.4. The van der Waals surface area contributed by atoms with Gasteiger partial charge in [0.1, 0.15) is 12.4 Å². The molecule has 25 heavy (non-hydrogen) atoms. The normalized spacial score (nSPS) is 11.3. The quantitative estimate of drug-likeness (QED) is 0.740. The molecular formula is C20H20N2O3. The molecule has 0 amide bonds. The van der Waals surface area contributed by atoms with Gasteiger partial charge in [0.2, 0.25) is 0 Å². The first-order valence-electron chi connectivity index (χ1n) is 8.03. The fourth-order valence-electron chi connectivity index (χ4n) is 2.43. The maximum Gasteiger partial charge on any atom is 0.331 e. The number of carboxylic acids is 1. The maximum atomic E-state index is 11.4. The molecule has 1 aromatic heterocycles. The van der Waals surface area contributed by atoms with Crippen molar-refractivity contribution >= 4 is 5.97 Å². The van der Waals surface area contributed by atoms with E-state index in [2.05, 4.69) is 5.10 Å². The van der Waals surface area contributed by atoms with Crippen LogP contribution in [0.4, 0.5) is 0 Å². The zero-order valence-corrected chi connectivity index (χ0v) is 14.2. The molecule has 0 radical (unpaired) electrons. The minimum Gasteiger partial charge on any atom is -0.488 e. The Morgan fingerprint density at radius 3 is 2.52 bits per heavy atom. The standard InChI is InChI=1S/C20H20N2O3/c1-20(2,19(23)24)22-13-16(12-21-22)17-10-6-7-11-18(17)25-14-15-8-4-3-5-9-15/h3-13H,14H2,1-2H3,(H,23,24). The zero-order valence-electron chi connectivity index (χ0n) is 14.2. The van der Waals surface area contributed by atoms with Crippen LogP contribution in [0, 0.1) is 0 Å². The van der Waals surface area contributed by atoms with E-state index in [1.807, 2.05) is 54.6 Å². The summed E-state index contributed by atoms with van der Waals surface area (Å²) < 4.78 is 7.42. The van der Waals surface area contributed by atoms with Gasteiger partial charge in [0.25, 0.3) is 0 Å². The van der Waals surface area contributed by atoms with Crippen molar-refractivity contribution in [2.45, 2.75) is 26.0 Å². The van der Waals surface area contributed by atoms with Crippen molar-refractivity contribution < 1.29 is 14.6 Å². The first kappa shape index (κ1) is 16.8. The summed E-state index contributed by atoms with van der Waals surface area (Å²) in [7, 11) is 0. The summed E-state index contributed by atoms with van der Waals surface area (Å²) >= 11 is 0. The second-order valence-electron chi connectivity index (χ2n) is 6.31. The molecule has 3 rings (SSSR count). The van der Waals surface area contributed by atoms with Crippen LogP contribution in [-0.4, -0.2) is 20.9 Å². The topological polar surface area (TPSA) is 64.3 Å². The number of hydrogen-bond acceptors (Lipinski definition) is 3. The number of aliphatic carboxylic acids is 1. The fourth-order valence-corrected chi connectivity index (χ4v) is 2.43. The highest BCUT2D eigenvalue weighted by molar-refractivity contribution is 5.76. The molecule has 0 saturated carbocycles. The van der Waals surface area contributed by atoms with Gasteiger partial charge in [0.05, 0.1) is 6.20 Å². The number of nitrogens with zero attached hydrogens (tertiary/aromatic N) is 2. The number of carboxylic acid groups (broad SMARTS) is 1. The van der Waals surface area contributed by atoms with Gasteiger partial charge in [-0.3, -0.25) is 4.68 Å². The van der Waals surface area contributed by atoms with Crippen molar-refractivity contribution in [2.75, 3.05) is 0 Å². The predicted molar refractivity (Wildman–Crippen MR) is 95.4 cm³/mol. The molecule has 3 aromatic rings. The van der Waals surface area contributed by atoms with Crippen molar-refractivity contribution in [3.8, 4) is 16.9 Å². The van der Waals surface area contributed by atoms with Gasteiger partial charge >= 0.3 is 5.97 Å². The van der Waals surface area contributed by atoms with Gasteiger partial charge in [-0.1, -0.05) is 48.5 Å². The number of rotatable bonds is 6. The van der Waals surface area contributed by atoms with Gasteiger partial charge in [0.15, 0.2) is 5.54 Å². The van der Waals surface area contributed by atoms with Gasteiger partial charge in [-0.15, -0.1) is 0 Å². The van der Waals surface area contributed by atoms with Gasteiger partial charge in [-0.25, -0.2) is 4.79 Å². The third-order valence-corrected chi connectivity index (χ3v) is 4.11. The van der Waals surface area contributed by atoms with E-state index in [4.69, 9.17) is 4.74 Å². The Hall–Kier alpha value is -3.08. The van der Waals surface area contributed by atoms with Crippen molar-refractivity contribution in [1.29, 1.82) is 0 Å². The van der Waals surface area contributed by atoms with Crippen LogP contribution >= 0.6 is 0 Å². The molecule has 128 valence electrons. The second kappa shape index (κ2) is 6.81. The molecule has 0 saturated heterocycles. The molecule has 0 unspecified atom stereocenters. The van der Waals surface area contributed by atoms with Crippen molar-refractivity contribution in [2.24, 2.45) is 0 Å². The van der Waals surface area contributed by atoms with Crippen LogP contribution in [0.5, 0.6) is 5.75 Å². The van der Waals surface area contributed by atoms with Gasteiger partial charge in [-0.2, -0.15) is 5.10 Å². The smallest absolute Gasteiger partial charge is 0.331 e. The Bertz CT molecular complexity index is 869. The summed E-state index contributed by atoms with van der Waals surface area (Å²) in [6, 6.07) is 17.6. The van der Waals surface area contributed by atoms with Crippen LogP contribution in [0.25, 0.3) is 11.1 Å². The summed E-state index contributed by atoms with van der Waals surface area (Å²) in [5.41, 5.74) is 1.67. The molecule has 5 nitrogen and oxygen atoms in total. The lowest BCUT2D eigenvalue weighted by Gasteiger charge is -2.19. The van der Waals surface area contributed by atoms with E-state index in [9.17, 15) is 9.90 Å². The minimum absolute atomic E-state index is 0.465. The van der Waals surface area contributed by atoms with Crippen LogP contribution < -0.4 is 4.74 Å². The van der Waals surface area contributed by atoms with Gasteiger partial charge < -0.3 is 9.84 Å². The monoisotopic (exact) mass is 336 g/mol. The van der Waals surface area contributed by atoms with Crippen LogP contribution in [0.15, 0.2) is 67.0 Å². The predicted octanol–water partition coefficient (Wildman–Crippen LogP) is 3.95. The molecule has 0 spiro atoms. The second-order valence-corrected chi connectivity index (χ2v) is 6.31. The minimum atomic E-state index is -1.11. The Morgan fingerprint density at radius 1 is 1.12 bits per heavy atom. The molecular weight excluding hydrogens is 316 g/mol. The van der Waals surface area contributed by atoms with E-state index >= 15 is 0 Å². The van der Waals surface area contributed by atoms with Crippen molar-refractivity contribution in [3.05, 3.63) is 72.6 Å². The van der Waals surface area contributed by atoms with Crippen LogP contribution in [-0.2, 0) is 16.9 Å². The molecule has 0 aliphatic carbocycles. The van der Waals surface area contributed by atoms with Crippen molar-refractivity contribution in [3.63, 3.8) is 0 Å². The summed E-state index contributed by atoms with van der Waals surface area (Å²) in [6.45, 7) is 3.69. The molecule has 0 aliphatic rings. The van der Waals surface area contributed by atoms with Crippen LogP contribution in [0.2, 0.25) is 0 Å². The molecule has 0 bridgehead atoms. The molecule has 0 fully saturated rings. The number of hydrogen-bond donors (Lipinski definition) is 1. The number of aromatic nitrogens is 2. The molecule has 5 heteroatoms. The number of benzene rings is 2. The lowest BCUT2D eigenvalue weighted by Crippen LogP contribution is -2.35. The Morgan fingerprint density at radius 2 is 1.80 bits per heavy atom. The fraction of sp³-hybridized carbons (Fsp3) is 0.200. The molecule has 0 atom stereocenters. The first-order chi connectivity index (χ1) is 12.0. The third kappa shape index (κ3) is 3.55. The highest BCUT2D eigenvalue weighted by Gasteiger charge is 2.30. The number of para-hydroxylation sites is 1. The molecule has 0 aliphatic heterocycles. The first-order valence-corrected chi connectivity index (χ1v) is 8.03. The Labute approximate surface area is 146 Å². The highest BCUT2D eigenvalue weighted by atomic mass is 16.5. The van der Waals surface area contributed by atoms with E-state index < -0.39 is 11.5 Å². The van der Waals surface area contributed by atoms with E-state index in [1.165, 1.54) is 4.68 Å². The highest BCUT2D eigenvalue weighted by Crippen LogP contribution is 2.31. The molecule has 1 N–H and O–H groups in total. The van der Waals surface area contributed by atoms with Crippen molar-refractivity contribution in [1.82, 2.24) is 9.78 Å². The van der Waals surface area contributed by atoms with E-state index in [1.54, 1.807) is 26.2 Å². The lowest BCUT2D eigenvalue weighted by molar-refractivity contribution is -0.146. The van der Waals surface area contributed by atoms with E-state index in [0.29, 0.717) is 6.61 Å². The summed E-state index contributed by atoms with van der Waals surface area (Å²) in [5, 5.41) is 13.6. The average molecular weight is 336 g/mol. The largest absolute Gasteiger partial charge is 0.488 e. The van der Waals surface area contributed by atoms with E-state index in [-0.39, 0.29) is 0 Å². The maximum absolute atomic E-state index is 11.4. The Kier molecular flexibility index (Phi) is 4.57. The van der Waals surface area contributed by atoms with Crippen LogP contribution in [0.1, 0.15) is 19.4 Å². The number of ether oxygens (including phenoxy) is 1. The summed E-state index contributed by atoms with van der Waals surface area (Å²) in [6.07, 6.45) is 3.40. The molecule has 2 aromatic carbocycles. The van der Waals surface area contributed by atoms with E-state index in [0.717, 1.165) is 22.4 Å². The molecule has 1 heterocycles. The lowest BCUT2D eigenvalue weighted by atomic mass is 10.1. The third-order valence-electron chi connectivity index (χ3n) is 4.11. The Balaban J connectivity index is 1.86. The van der Waals surface area contributed by atoms with Gasteiger partial charge in [-0.05, 0) is 25.5 Å².